The lowest BCUT2D eigenvalue weighted by Crippen LogP contribution is -2.03. The zero-order chi connectivity index (χ0) is 12.4. The molecule has 3 nitrogen and oxygen atoms in total. The number of hydrogen-bond donors (Lipinski definition) is 0. The fourth-order valence-electron chi connectivity index (χ4n) is 1.56. The normalized spacial score (nSPS) is 10.5. The van der Waals surface area contributed by atoms with Crippen LogP contribution >= 0.6 is 27.5 Å². The molecule has 0 spiro atoms. The van der Waals surface area contributed by atoms with E-state index in [4.69, 9.17) is 11.6 Å². The van der Waals surface area contributed by atoms with Gasteiger partial charge < -0.3 is 0 Å². The highest BCUT2D eigenvalue weighted by Gasteiger charge is 2.12. The van der Waals surface area contributed by atoms with Gasteiger partial charge in [0, 0.05) is 29.7 Å². The van der Waals surface area contributed by atoms with Gasteiger partial charge in [-0.05, 0) is 23.8 Å². The van der Waals surface area contributed by atoms with E-state index >= 15 is 0 Å². The Morgan fingerprint density at radius 3 is 2.88 bits per heavy atom. The number of aryl methyl sites for hydroxylation is 1. The number of aromatic nitrogens is 2. The summed E-state index contributed by atoms with van der Waals surface area (Å²) >= 11 is 9.33. The fourth-order valence-corrected chi connectivity index (χ4v) is 2.34. The second kappa shape index (κ2) is 5.02. The molecule has 0 radical (unpaired) electrons. The summed E-state index contributed by atoms with van der Waals surface area (Å²) in [6, 6.07) is 5.26. The fraction of sp³-hybridized carbons (Fsp3) is 0.167. The minimum absolute atomic E-state index is 0.00417. The van der Waals surface area contributed by atoms with Gasteiger partial charge in [-0.1, -0.05) is 27.5 Å². The minimum Gasteiger partial charge on any atom is -0.294 e. The van der Waals surface area contributed by atoms with E-state index in [0.29, 0.717) is 17.0 Å². The molecule has 0 aliphatic heterocycles. The van der Waals surface area contributed by atoms with Crippen molar-refractivity contribution >= 4 is 33.3 Å². The topological polar surface area (TPSA) is 34.9 Å². The average molecular weight is 314 g/mol. The third-order valence-electron chi connectivity index (χ3n) is 2.35. The van der Waals surface area contributed by atoms with Crippen molar-refractivity contribution in [3.8, 4) is 0 Å². The number of carbonyl (C=O) groups excluding carboxylic acids is 1. The second-order valence-electron chi connectivity index (χ2n) is 3.75. The predicted molar refractivity (Wildman–Crippen MR) is 70.4 cm³/mol. The van der Waals surface area contributed by atoms with Crippen LogP contribution in [-0.4, -0.2) is 15.6 Å². The van der Waals surface area contributed by atoms with Crippen molar-refractivity contribution in [2.75, 3.05) is 0 Å². The molecule has 0 aliphatic rings. The van der Waals surface area contributed by atoms with E-state index in [0.717, 1.165) is 10.0 Å². The Balaban J connectivity index is 2.20. The lowest BCUT2D eigenvalue weighted by Gasteiger charge is -2.02. The molecule has 0 amide bonds. The first kappa shape index (κ1) is 12.3. The molecule has 5 heteroatoms. The molecule has 0 saturated heterocycles. The van der Waals surface area contributed by atoms with Gasteiger partial charge in [0.1, 0.15) is 0 Å². The smallest absolute Gasteiger partial charge is 0.168 e. The number of hydrogen-bond acceptors (Lipinski definition) is 2. The van der Waals surface area contributed by atoms with Crippen LogP contribution in [0.4, 0.5) is 0 Å². The van der Waals surface area contributed by atoms with Gasteiger partial charge in [0.15, 0.2) is 5.78 Å². The maximum absolute atomic E-state index is 12.0. The molecule has 0 unspecified atom stereocenters. The van der Waals surface area contributed by atoms with E-state index in [9.17, 15) is 4.79 Å². The summed E-state index contributed by atoms with van der Waals surface area (Å²) < 4.78 is 2.53. The van der Waals surface area contributed by atoms with Gasteiger partial charge in [-0.2, -0.15) is 5.10 Å². The first-order chi connectivity index (χ1) is 8.06. The molecule has 0 atom stereocenters. The molecule has 1 heterocycles. The van der Waals surface area contributed by atoms with Crippen LogP contribution in [0.25, 0.3) is 0 Å². The van der Waals surface area contributed by atoms with Crippen molar-refractivity contribution in [3.05, 3.63) is 51.2 Å². The molecule has 0 N–H and O–H groups in total. The highest BCUT2D eigenvalue weighted by Crippen LogP contribution is 2.22. The van der Waals surface area contributed by atoms with E-state index in [2.05, 4.69) is 21.0 Å². The van der Waals surface area contributed by atoms with Crippen LogP contribution in [0, 0.1) is 0 Å². The van der Waals surface area contributed by atoms with Gasteiger partial charge in [0.2, 0.25) is 0 Å². The van der Waals surface area contributed by atoms with Crippen molar-refractivity contribution < 1.29 is 4.79 Å². The lowest BCUT2D eigenvalue weighted by atomic mass is 10.1. The number of ketones is 1. The largest absolute Gasteiger partial charge is 0.294 e. The van der Waals surface area contributed by atoms with E-state index in [-0.39, 0.29) is 5.78 Å². The van der Waals surface area contributed by atoms with E-state index in [1.165, 1.54) is 0 Å². The molecule has 0 fully saturated rings. The zero-order valence-electron chi connectivity index (χ0n) is 9.15. The summed E-state index contributed by atoms with van der Waals surface area (Å²) in [4.78, 5) is 12.0. The second-order valence-corrected chi connectivity index (χ2v) is 5.07. The highest BCUT2D eigenvalue weighted by molar-refractivity contribution is 9.10. The average Bonchev–Trinajstić information content (AvgIpc) is 2.63. The van der Waals surface area contributed by atoms with Gasteiger partial charge in [0.25, 0.3) is 0 Å². The molecule has 2 aromatic rings. The number of rotatable bonds is 3. The number of benzene rings is 1. The zero-order valence-corrected chi connectivity index (χ0v) is 11.5. The number of Topliss-reactive ketones (excluding diaryl/α,β-unsaturated/α-hetero) is 1. The third kappa shape index (κ3) is 2.96. The maximum Gasteiger partial charge on any atom is 0.168 e. The Morgan fingerprint density at radius 1 is 1.53 bits per heavy atom. The van der Waals surface area contributed by atoms with E-state index < -0.39 is 0 Å². The Labute approximate surface area is 113 Å². The summed E-state index contributed by atoms with van der Waals surface area (Å²) in [5, 5.41) is 4.49. The van der Waals surface area contributed by atoms with Crippen LogP contribution in [-0.2, 0) is 13.5 Å². The maximum atomic E-state index is 12.0. The minimum atomic E-state index is -0.00417. The van der Waals surface area contributed by atoms with Crippen LogP contribution in [0.2, 0.25) is 5.02 Å². The molecular formula is C12H10BrClN2O. The molecule has 0 bridgehead atoms. The van der Waals surface area contributed by atoms with Crippen LogP contribution in [0.15, 0.2) is 35.1 Å². The first-order valence-electron chi connectivity index (χ1n) is 5.02. The van der Waals surface area contributed by atoms with Crippen LogP contribution in [0.5, 0.6) is 0 Å². The quantitative estimate of drug-likeness (QED) is 0.815. The van der Waals surface area contributed by atoms with Gasteiger partial charge in [-0.3, -0.25) is 9.48 Å². The third-order valence-corrected chi connectivity index (χ3v) is 3.16. The standard InChI is InChI=1S/C12H10BrClN2O/c1-16-7-8(6-15-16)4-12(17)10-3-2-9(13)5-11(10)14/h2-3,5-7H,4H2,1H3. The monoisotopic (exact) mass is 312 g/mol. The van der Waals surface area contributed by atoms with E-state index in [1.54, 1.807) is 23.0 Å². The van der Waals surface area contributed by atoms with Crippen molar-refractivity contribution in [1.82, 2.24) is 9.78 Å². The lowest BCUT2D eigenvalue weighted by molar-refractivity contribution is 0.0993. The van der Waals surface area contributed by atoms with Crippen molar-refractivity contribution in [2.24, 2.45) is 7.05 Å². The Kier molecular flexibility index (Phi) is 3.64. The summed E-state index contributed by atoms with van der Waals surface area (Å²) in [6.45, 7) is 0. The Bertz CT molecular complexity index is 565. The highest BCUT2D eigenvalue weighted by atomic mass is 79.9. The van der Waals surface area contributed by atoms with Gasteiger partial charge in [0.05, 0.1) is 11.2 Å². The molecule has 88 valence electrons. The summed E-state index contributed by atoms with van der Waals surface area (Å²) in [7, 11) is 1.82. The van der Waals surface area contributed by atoms with Gasteiger partial charge in [-0.15, -0.1) is 0 Å². The van der Waals surface area contributed by atoms with Gasteiger partial charge >= 0.3 is 0 Å². The number of nitrogens with zero attached hydrogens (tertiary/aromatic N) is 2. The van der Waals surface area contributed by atoms with Crippen LogP contribution in [0.1, 0.15) is 15.9 Å². The Hall–Kier alpha value is -1.13. The summed E-state index contributed by atoms with van der Waals surface area (Å²) in [5.74, 6) is -0.00417. The van der Waals surface area contributed by atoms with Crippen LogP contribution < -0.4 is 0 Å². The number of halogens is 2. The molecule has 17 heavy (non-hydrogen) atoms. The number of carbonyl (C=O) groups is 1. The molecule has 2 rings (SSSR count). The van der Waals surface area contributed by atoms with Crippen molar-refractivity contribution in [1.29, 1.82) is 0 Å². The molecule has 1 aromatic heterocycles. The van der Waals surface area contributed by atoms with E-state index in [1.807, 2.05) is 19.3 Å². The first-order valence-corrected chi connectivity index (χ1v) is 6.19. The Morgan fingerprint density at radius 2 is 2.29 bits per heavy atom. The van der Waals surface area contributed by atoms with Gasteiger partial charge in [-0.25, -0.2) is 0 Å². The molecule has 1 aromatic carbocycles. The molecule has 0 saturated carbocycles. The predicted octanol–water partition coefficient (Wildman–Crippen LogP) is 3.26. The molecule has 0 aliphatic carbocycles. The summed E-state index contributed by atoms with van der Waals surface area (Å²) in [5.41, 5.74) is 1.43. The summed E-state index contributed by atoms with van der Waals surface area (Å²) in [6.07, 6.45) is 3.82. The van der Waals surface area contributed by atoms with Crippen molar-refractivity contribution in [3.63, 3.8) is 0 Å². The van der Waals surface area contributed by atoms with Crippen LogP contribution in [0.3, 0.4) is 0 Å². The van der Waals surface area contributed by atoms with Crippen molar-refractivity contribution in [2.45, 2.75) is 6.42 Å². The molecular weight excluding hydrogens is 304 g/mol. The SMILES string of the molecule is Cn1cc(CC(=O)c2ccc(Br)cc2Cl)cn1.